The van der Waals surface area contributed by atoms with Crippen molar-refractivity contribution >= 4 is 47.6 Å². The summed E-state index contributed by atoms with van der Waals surface area (Å²) in [6.45, 7) is 72.0. The molecule has 2 heterocycles. The number of aliphatic carboxylic acids is 3. The molecule has 0 bridgehead atoms. The number of nitrogens with one attached hydrogen (secondary N) is 3. The van der Waals surface area contributed by atoms with Crippen LogP contribution in [-0.2, 0) is 47.8 Å². The number of amides is 3. The number of ether oxygens (including phenoxy) is 2. The molecule has 6 unspecified atom stereocenters. The molecule has 0 aromatic rings. The Morgan fingerprint density at radius 2 is 0.804 bits per heavy atom. The fourth-order valence-corrected chi connectivity index (χ4v) is 16.0. The minimum Gasteiger partial charge on any atom is -0.550 e. The summed E-state index contributed by atoms with van der Waals surface area (Å²) >= 11 is 0. The number of allylic oxidation sites excluding steroid dienone is 4. The van der Waals surface area contributed by atoms with Gasteiger partial charge in [-0.25, -0.2) is 0 Å². The van der Waals surface area contributed by atoms with Gasteiger partial charge in [-0.05, 0) is 222 Å². The number of epoxide rings is 1. The normalized spacial score (nSPS) is 15.8. The van der Waals surface area contributed by atoms with E-state index in [1.807, 2.05) is 42.3 Å². The molecule has 0 aromatic carbocycles. The molecule has 3 amide bonds. The molecule has 2 aliphatic heterocycles. The number of rotatable bonds is 46. The SMILES string of the molecule is C=C(CC(CC(=O)NCCCN(C)C)C(=O)O)CC(C)(C)CC(C)(C)C.C=C(CC(CC(=O)NCCCN(C)C)C(=O)O)CC(C)(C)CC(C)(C)C.C=C(CC(CC(=O)NCCC[N+](C)(C)CC(C)O)C(=O)[O-])CC(C)(C)CC(C)(C)C.C=C(CC1CC(=O)OC1=O)CC(C)(C)CC(C)(C)C.CC1CO1.CN(C)CCCN. The van der Waals surface area contributed by atoms with Crippen LogP contribution in [0, 0.1) is 67.0 Å². The lowest BCUT2D eigenvalue weighted by molar-refractivity contribution is -0.893. The van der Waals surface area contributed by atoms with E-state index in [0.717, 1.165) is 139 Å². The molecule has 112 heavy (non-hydrogen) atoms. The number of aliphatic hydroxyl groups excluding tert-OH is 1. The summed E-state index contributed by atoms with van der Waals surface area (Å²) in [5.41, 5.74) is 10.1. The molecule has 2 fully saturated rings. The van der Waals surface area contributed by atoms with Crippen molar-refractivity contribution in [2.24, 2.45) is 72.7 Å². The Morgan fingerprint density at radius 1 is 0.518 bits per heavy atom. The van der Waals surface area contributed by atoms with Crippen LogP contribution in [0.5, 0.6) is 0 Å². The van der Waals surface area contributed by atoms with E-state index in [-0.39, 0.29) is 111 Å². The van der Waals surface area contributed by atoms with Gasteiger partial charge in [0.25, 0.3) is 0 Å². The summed E-state index contributed by atoms with van der Waals surface area (Å²) in [4.78, 5) is 99.7. The molecule has 0 radical (unpaired) electrons. The third-order valence-electron chi connectivity index (χ3n) is 17.9. The molecule has 0 aromatic heterocycles. The summed E-state index contributed by atoms with van der Waals surface area (Å²) in [6, 6.07) is 0. The van der Waals surface area contributed by atoms with Gasteiger partial charge in [0.2, 0.25) is 17.7 Å². The van der Waals surface area contributed by atoms with Gasteiger partial charge in [0.15, 0.2) is 0 Å². The summed E-state index contributed by atoms with van der Waals surface area (Å²) in [7, 11) is 16.1. The molecule has 2 rings (SSSR count). The molecule has 22 nitrogen and oxygen atoms in total. The smallest absolute Gasteiger partial charge is 0.317 e. The topological polar surface area (TPSA) is 314 Å². The first-order valence-electron chi connectivity index (χ1n) is 41.1. The van der Waals surface area contributed by atoms with Gasteiger partial charge in [-0.2, -0.15) is 0 Å². The van der Waals surface area contributed by atoms with Crippen LogP contribution in [0.1, 0.15) is 281 Å². The highest BCUT2D eigenvalue weighted by Gasteiger charge is 2.36. The predicted octanol–water partition coefficient (Wildman–Crippen LogP) is 14.6. The van der Waals surface area contributed by atoms with Gasteiger partial charge in [-0.15, -0.1) is 0 Å². The van der Waals surface area contributed by atoms with Gasteiger partial charge in [-0.3, -0.25) is 33.6 Å². The summed E-state index contributed by atoms with van der Waals surface area (Å²) in [5, 5.41) is 48.5. The van der Waals surface area contributed by atoms with Crippen molar-refractivity contribution < 1.29 is 72.7 Å². The molecular formula is C90H172N8O14. The molecule has 22 heteroatoms. The standard InChI is InChI=1S/C24H46N2O4.2C21H40N2O3.C16H26O3.C5H14N2.C3H6O/c1-18(15-24(6,7)17-23(3,4)5)13-20(22(29)30)14-21(28)25-11-10-12-26(8,9)16-19(2)27;2*1-16(14-21(5,6)15-20(2,3)4)12-17(19(25)26)13-18(24)22-10-9-11-23(7)8;1-11(7-12-8-13(17)19-14(12)18)9-16(5,6)10-15(2,3)4;1-7(2)5-3-4-6;1-3-2-4-3/h19-20,27H,1,10-17H2,2-9H3,(H-,25,28,29,30);2*17H,1,9-15H2,2-8H3,(H,22,24)(H,25,26);12H,1,7-10H2,2-6H3;3-6H2,1-2H3;3H,2H2,1H3. The number of quaternary nitrogens is 1. The number of aliphatic hydroxyl groups is 1. The Labute approximate surface area is 683 Å². The Hall–Kier alpha value is -5.36. The highest BCUT2D eigenvalue weighted by molar-refractivity contribution is 5.94. The second-order valence-corrected chi connectivity index (χ2v) is 42.0. The van der Waals surface area contributed by atoms with Crippen molar-refractivity contribution in [1.29, 1.82) is 0 Å². The molecule has 0 spiro atoms. The van der Waals surface area contributed by atoms with Crippen molar-refractivity contribution in [2.75, 3.05) is 122 Å². The first-order chi connectivity index (χ1) is 50.5. The van der Waals surface area contributed by atoms with Gasteiger partial charge in [0.05, 0.1) is 57.5 Å². The zero-order valence-electron chi connectivity index (χ0n) is 77.2. The van der Waals surface area contributed by atoms with Gasteiger partial charge < -0.3 is 75.6 Å². The Balaban J connectivity index is -0.000000666. The molecule has 6 atom stereocenters. The zero-order chi connectivity index (χ0) is 88.4. The van der Waals surface area contributed by atoms with Crippen molar-refractivity contribution in [3.63, 3.8) is 0 Å². The van der Waals surface area contributed by atoms with E-state index in [0.29, 0.717) is 56.0 Å². The molecular weight excluding hydrogens is 1420 g/mol. The number of likely N-dealkylation sites (N-methyl/N-ethyl adjacent to an activating group) is 1. The van der Waals surface area contributed by atoms with Crippen LogP contribution < -0.4 is 26.8 Å². The van der Waals surface area contributed by atoms with E-state index in [4.69, 9.17) is 10.5 Å². The van der Waals surface area contributed by atoms with E-state index in [2.05, 4.69) is 221 Å². The van der Waals surface area contributed by atoms with Crippen molar-refractivity contribution in [3.05, 3.63) is 48.6 Å². The highest BCUT2D eigenvalue weighted by Crippen LogP contribution is 2.43. The van der Waals surface area contributed by atoms with Gasteiger partial charge in [-0.1, -0.05) is 187 Å². The van der Waals surface area contributed by atoms with Crippen LogP contribution in [0.25, 0.3) is 0 Å². The summed E-state index contributed by atoms with van der Waals surface area (Å²) in [6.07, 6.45) is 12.8. The van der Waals surface area contributed by atoms with Gasteiger partial charge in [0.1, 0.15) is 12.6 Å². The third kappa shape index (κ3) is 72.3. The van der Waals surface area contributed by atoms with Crippen molar-refractivity contribution in [3.8, 4) is 0 Å². The van der Waals surface area contributed by atoms with Crippen molar-refractivity contribution in [1.82, 2.24) is 30.7 Å². The number of cyclic esters (lactones) is 2. The maximum Gasteiger partial charge on any atom is 0.317 e. The Kier molecular flexibility index (Phi) is 54.3. The van der Waals surface area contributed by atoms with Crippen LogP contribution in [0.3, 0.4) is 0 Å². The second kappa shape index (κ2) is 53.8. The summed E-state index contributed by atoms with van der Waals surface area (Å²) < 4.78 is 9.94. The number of nitrogens with two attached hydrogens (primary N) is 1. The average Bonchev–Trinajstić information content (AvgIpc) is 1.56. The van der Waals surface area contributed by atoms with Crippen LogP contribution in [-0.4, -0.2) is 216 Å². The van der Waals surface area contributed by atoms with Crippen LogP contribution in [0.15, 0.2) is 48.6 Å². The number of hydrogen-bond acceptors (Lipinski definition) is 16. The maximum atomic E-state index is 12.2. The quantitative estimate of drug-likeness (QED) is 0.00744. The lowest BCUT2D eigenvalue weighted by Gasteiger charge is -2.33. The van der Waals surface area contributed by atoms with Gasteiger partial charge in [0, 0.05) is 57.2 Å². The molecule has 0 saturated carbocycles. The molecule has 8 N–H and O–H groups in total. The molecule has 0 aliphatic carbocycles. The average molecular weight is 1590 g/mol. The number of esters is 2. The number of carboxylic acids is 3. The van der Waals surface area contributed by atoms with E-state index in [1.54, 1.807) is 6.92 Å². The van der Waals surface area contributed by atoms with E-state index in [1.165, 1.54) is 0 Å². The van der Waals surface area contributed by atoms with E-state index < -0.39 is 41.6 Å². The Morgan fingerprint density at radius 3 is 1.04 bits per heavy atom. The maximum absolute atomic E-state index is 12.2. The number of hydrogen-bond donors (Lipinski definition) is 7. The monoisotopic (exact) mass is 1590 g/mol. The molecule has 2 aliphatic rings. The zero-order valence-corrected chi connectivity index (χ0v) is 77.2. The van der Waals surface area contributed by atoms with E-state index >= 15 is 0 Å². The van der Waals surface area contributed by atoms with Crippen LogP contribution >= 0.6 is 0 Å². The largest absolute Gasteiger partial charge is 0.550 e. The first kappa shape index (κ1) is 113. The molecule has 656 valence electrons. The minimum atomic E-state index is -1.20. The number of carbonyl (C=O) groups is 8. The molecule has 2 saturated heterocycles. The third-order valence-corrected chi connectivity index (χ3v) is 17.9. The predicted molar refractivity (Wildman–Crippen MR) is 460 cm³/mol. The summed E-state index contributed by atoms with van der Waals surface area (Å²) in [5.74, 6) is -7.10. The lowest BCUT2D eigenvalue weighted by Crippen LogP contribution is -2.46. The van der Waals surface area contributed by atoms with Gasteiger partial charge >= 0.3 is 23.9 Å². The fourth-order valence-electron chi connectivity index (χ4n) is 16.0. The van der Waals surface area contributed by atoms with Crippen molar-refractivity contribution in [2.45, 2.75) is 293 Å². The van der Waals surface area contributed by atoms with E-state index in [9.17, 15) is 58.8 Å². The minimum absolute atomic E-state index is 0.00994. The Bertz CT molecular complexity index is 2740. The number of nitrogens with zero attached hydrogens (tertiary/aromatic N) is 4. The lowest BCUT2D eigenvalue weighted by atomic mass is 9.72. The van der Waals surface area contributed by atoms with Crippen LogP contribution in [0.4, 0.5) is 0 Å². The highest BCUT2D eigenvalue weighted by atomic mass is 16.6. The fraction of sp³-hybridized carbons (Fsp3) is 0.822. The van der Waals surface area contributed by atoms with Crippen LogP contribution in [0.2, 0.25) is 0 Å². The first-order valence-corrected chi connectivity index (χ1v) is 41.1. The second-order valence-electron chi connectivity index (χ2n) is 42.0. The number of carboxylic acid groups (broad SMARTS) is 3. The number of carbonyl (C=O) groups excluding carboxylic acids is 6.